The van der Waals surface area contributed by atoms with Gasteiger partial charge in [0.05, 0.1) is 11.4 Å². The Morgan fingerprint density at radius 1 is 0.811 bits per heavy atom. The van der Waals surface area contributed by atoms with Gasteiger partial charge in [0, 0.05) is 47.3 Å². The molecule has 0 aliphatic heterocycles. The van der Waals surface area contributed by atoms with E-state index in [9.17, 15) is 4.79 Å². The molecule has 8 heteroatoms. The second-order valence-electron chi connectivity index (χ2n) is 8.61. The Balaban J connectivity index is 1.31. The quantitative estimate of drug-likeness (QED) is 0.304. The predicted molar refractivity (Wildman–Crippen MR) is 145 cm³/mol. The van der Waals surface area contributed by atoms with Crippen LogP contribution in [0.15, 0.2) is 110 Å². The second kappa shape index (κ2) is 9.43. The molecule has 2 N–H and O–H groups in total. The minimum absolute atomic E-state index is 0.308. The van der Waals surface area contributed by atoms with Gasteiger partial charge in [-0.15, -0.1) is 0 Å². The normalized spacial score (nSPS) is 10.9. The molecule has 8 nitrogen and oxygen atoms in total. The molecule has 37 heavy (non-hydrogen) atoms. The van der Waals surface area contributed by atoms with Gasteiger partial charge in [-0.3, -0.25) is 4.57 Å². The minimum atomic E-state index is -0.308. The third kappa shape index (κ3) is 4.55. The number of hydrogen-bond donors (Lipinski definition) is 2. The molecule has 0 saturated heterocycles. The second-order valence-corrected chi connectivity index (χ2v) is 8.61. The number of rotatable bonds is 5. The maximum absolute atomic E-state index is 12.6. The number of anilines is 2. The van der Waals surface area contributed by atoms with E-state index in [1.54, 1.807) is 12.5 Å². The molecule has 6 aromatic rings. The topological polar surface area (TPSA) is 89.1 Å². The fourth-order valence-electron chi connectivity index (χ4n) is 4.18. The molecule has 3 heterocycles. The summed E-state index contributed by atoms with van der Waals surface area (Å²) < 4.78 is 3.82. The van der Waals surface area contributed by atoms with E-state index < -0.39 is 0 Å². The average Bonchev–Trinajstić information content (AvgIpc) is 3.60. The summed E-state index contributed by atoms with van der Waals surface area (Å²) in [4.78, 5) is 26.6. The first-order valence-electron chi connectivity index (χ1n) is 11.8. The van der Waals surface area contributed by atoms with Gasteiger partial charge >= 0.3 is 6.03 Å². The van der Waals surface area contributed by atoms with Crippen LogP contribution in [-0.4, -0.2) is 30.0 Å². The molecule has 0 atom stereocenters. The number of hydrogen-bond acceptors (Lipinski definition) is 4. The third-order valence-corrected chi connectivity index (χ3v) is 6.06. The Hall–Kier alpha value is -5.24. The Labute approximate surface area is 213 Å². The fourth-order valence-corrected chi connectivity index (χ4v) is 4.18. The summed E-state index contributed by atoms with van der Waals surface area (Å²) in [6.45, 7) is 1.95. The van der Waals surface area contributed by atoms with Crippen molar-refractivity contribution in [2.45, 2.75) is 6.92 Å². The van der Waals surface area contributed by atoms with Crippen LogP contribution in [0.2, 0.25) is 0 Å². The molecule has 180 valence electrons. The average molecular weight is 486 g/mol. The van der Waals surface area contributed by atoms with Crippen LogP contribution in [0.5, 0.6) is 0 Å². The molecule has 0 radical (unpaired) electrons. The number of nitrogens with one attached hydrogen (secondary N) is 2. The molecule has 0 bridgehead atoms. The summed E-state index contributed by atoms with van der Waals surface area (Å²) in [5, 5.41) is 5.81. The number of imidazole rings is 2. The number of carbonyl (C=O) groups is 1. The third-order valence-electron chi connectivity index (χ3n) is 6.06. The highest BCUT2D eigenvalue weighted by molar-refractivity contribution is 6.00. The lowest BCUT2D eigenvalue weighted by Gasteiger charge is -2.11. The molecular weight excluding hydrogens is 462 g/mol. The molecule has 3 aromatic heterocycles. The van der Waals surface area contributed by atoms with Crippen LogP contribution in [0, 0.1) is 6.92 Å². The first-order chi connectivity index (χ1) is 18.1. The van der Waals surface area contributed by atoms with Crippen molar-refractivity contribution in [1.82, 2.24) is 23.9 Å². The van der Waals surface area contributed by atoms with E-state index in [1.807, 2.05) is 113 Å². The SMILES string of the molecule is Cc1ccccc1NC(=O)Nc1cccc(-c2cn3ccnc3c(-n3cnc(-c4ccccc4)c3)n2)c1. The molecule has 0 spiro atoms. The van der Waals surface area contributed by atoms with Gasteiger partial charge in [0.15, 0.2) is 11.5 Å². The smallest absolute Gasteiger partial charge is 0.308 e. The van der Waals surface area contributed by atoms with E-state index in [-0.39, 0.29) is 6.03 Å². The molecular formula is C29H23N7O. The van der Waals surface area contributed by atoms with Crippen molar-refractivity contribution in [3.8, 4) is 28.3 Å². The van der Waals surface area contributed by atoms with Gasteiger partial charge < -0.3 is 15.0 Å². The van der Waals surface area contributed by atoms with Crippen LogP contribution < -0.4 is 10.6 Å². The van der Waals surface area contributed by atoms with Crippen LogP contribution in [0.25, 0.3) is 34.0 Å². The number of aromatic nitrogens is 5. The zero-order chi connectivity index (χ0) is 25.2. The van der Waals surface area contributed by atoms with Crippen molar-refractivity contribution in [2.75, 3.05) is 10.6 Å². The highest BCUT2D eigenvalue weighted by Crippen LogP contribution is 2.26. The number of benzene rings is 3. The number of para-hydroxylation sites is 1. The molecule has 0 aliphatic carbocycles. The first kappa shape index (κ1) is 22.2. The van der Waals surface area contributed by atoms with Gasteiger partial charge in [-0.25, -0.2) is 19.7 Å². The van der Waals surface area contributed by atoms with Gasteiger partial charge in [0.2, 0.25) is 0 Å². The van der Waals surface area contributed by atoms with Gasteiger partial charge in [-0.05, 0) is 30.7 Å². The number of fused-ring (bicyclic) bond motifs is 1. The fraction of sp³-hybridized carbons (Fsp3) is 0.0345. The van der Waals surface area contributed by atoms with E-state index in [1.165, 1.54) is 0 Å². The lowest BCUT2D eigenvalue weighted by molar-refractivity contribution is 0.262. The predicted octanol–water partition coefficient (Wildman–Crippen LogP) is 6.20. The van der Waals surface area contributed by atoms with Crippen LogP contribution in [-0.2, 0) is 0 Å². The molecule has 0 aliphatic rings. The van der Waals surface area contributed by atoms with Gasteiger partial charge in [0.1, 0.15) is 6.33 Å². The van der Waals surface area contributed by atoms with E-state index in [0.717, 1.165) is 33.8 Å². The Morgan fingerprint density at radius 2 is 1.62 bits per heavy atom. The minimum Gasteiger partial charge on any atom is -0.308 e. The number of urea groups is 1. The summed E-state index contributed by atoms with van der Waals surface area (Å²) in [5.74, 6) is 0.660. The van der Waals surface area contributed by atoms with Crippen LogP contribution in [0.1, 0.15) is 5.56 Å². The van der Waals surface area contributed by atoms with Crippen LogP contribution in [0.3, 0.4) is 0 Å². The largest absolute Gasteiger partial charge is 0.323 e. The zero-order valence-corrected chi connectivity index (χ0v) is 20.0. The number of nitrogens with zero attached hydrogens (tertiary/aromatic N) is 5. The first-order valence-corrected chi connectivity index (χ1v) is 11.8. The Kier molecular flexibility index (Phi) is 5.67. The molecule has 0 fully saturated rings. The molecule has 2 amide bonds. The summed E-state index contributed by atoms with van der Waals surface area (Å²) >= 11 is 0. The summed E-state index contributed by atoms with van der Waals surface area (Å²) in [7, 11) is 0. The lowest BCUT2D eigenvalue weighted by atomic mass is 10.1. The van der Waals surface area contributed by atoms with E-state index in [2.05, 4.69) is 20.6 Å². The summed E-state index contributed by atoms with van der Waals surface area (Å²) in [6, 6.07) is 24.9. The molecule has 0 saturated carbocycles. The van der Waals surface area contributed by atoms with Gasteiger partial charge in [-0.2, -0.15) is 0 Å². The van der Waals surface area contributed by atoms with E-state index in [0.29, 0.717) is 17.2 Å². The van der Waals surface area contributed by atoms with Crippen molar-refractivity contribution in [3.63, 3.8) is 0 Å². The highest BCUT2D eigenvalue weighted by Gasteiger charge is 2.13. The monoisotopic (exact) mass is 485 g/mol. The van der Waals surface area contributed by atoms with Gasteiger partial charge in [0.25, 0.3) is 0 Å². The summed E-state index contributed by atoms with van der Waals surface area (Å²) in [6.07, 6.45) is 9.25. The number of amides is 2. The van der Waals surface area contributed by atoms with Crippen LogP contribution in [0.4, 0.5) is 16.2 Å². The van der Waals surface area contributed by atoms with E-state index >= 15 is 0 Å². The number of carbonyl (C=O) groups excluding carboxylic acids is 1. The van der Waals surface area contributed by atoms with Gasteiger partial charge in [-0.1, -0.05) is 60.7 Å². The molecule has 6 rings (SSSR count). The number of aryl methyl sites for hydroxylation is 1. The van der Waals surface area contributed by atoms with E-state index in [4.69, 9.17) is 4.98 Å². The van der Waals surface area contributed by atoms with Crippen molar-refractivity contribution in [3.05, 3.63) is 116 Å². The van der Waals surface area contributed by atoms with Crippen molar-refractivity contribution in [1.29, 1.82) is 0 Å². The van der Waals surface area contributed by atoms with Crippen molar-refractivity contribution in [2.24, 2.45) is 0 Å². The summed E-state index contributed by atoms with van der Waals surface area (Å²) in [5.41, 5.74) is 6.60. The van der Waals surface area contributed by atoms with Crippen LogP contribution >= 0.6 is 0 Å². The van der Waals surface area contributed by atoms with Crippen molar-refractivity contribution >= 4 is 23.1 Å². The zero-order valence-electron chi connectivity index (χ0n) is 20.0. The standard InChI is InChI=1S/C29H23N7O/c1-20-8-5-6-13-24(20)34-29(37)32-23-12-7-11-22(16-23)26-18-35-15-14-30-27(35)28(33-26)36-17-25(31-19-36)21-9-3-2-4-10-21/h2-19H,1H3,(H2,32,34,37). The maximum Gasteiger partial charge on any atom is 0.323 e. The maximum atomic E-state index is 12.6. The molecule has 0 unspecified atom stereocenters. The van der Waals surface area contributed by atoms with Crippen molar-refractivity contribution < 1.29 is 4.79 Å². The highest BCUT2D eigenvalue weighted by atomic mass is 16.2. The molecule has 3 aromatic carbocycles. The Morgan fingerprint density at radius 3 is 2.49 bits per heavy atom. The Bertz CT molecular complexity index is 1720. The lowest BCUT2D eigenvalue weighted by Crippen LogP contribution is -2.19.